The van der Waals surface area contributed by atoms with Gasteiger partial charge in [-0.2, -0.15) is 0 Å². The summed E-state index contributed by atoms with van der Waals surface area (Å²) in [5, 5.41) is 0.208. The molecule has 1 aliphatic heterocycles. The van der Waals surface area contributed by atoms with E-state index in [4.69, 9.17) is 28.1 Å². The van der Waals surface area contributed by atoms with E-state index in [0.29, 0.717) is 25.7 Å². The SMILES string of the molecule is COc1ccc(COC[C@@H](OCc2ccc(OC)cc2)[C@@H]2C[C@H](C)[C@@H](CCO[Si](C)(C)C(C)(C)C)O2)cc1. The zero-order valence-corrected chi connectivity index (χ0v) is 25.6. The first-order chi connectivity index (χ1) is 18.0. The minimum Gasteiger partial charge on any atom is -0.497 e. The van der Waals surface area contributed by atoms with Crippen molar-refractivity contribution in [3.05, 3.63) is 59.7 Å². The molecule has 0 bridgehead atoms. The monoisotopic (exact) mass is 544 g/mol. The number of hydrogen-bond donors (Lipinski definition) is 0. The first kappa shape index (κ1) is 30.6. The lowest BCUT2D eigenvalue weighted by Crippen LogP contribution is -2.41. The van der Waals surface area contributed by atoms with Crippen LogP contribution in [0.15, 0.2) is 48.5 Å². The molecule has 2 aromatic rings. The molecule has 0 radical (unpaired) electrons. The van der Waals surface area contributed by atoms with Crippen LogP contribution in [0.25, 0.3) is 0 Å². The Labute approximate surface area is 231 Å². The van der Waals surface area contributed by atoms with Crippen molar-refractivity contribution in [2.75, 3.05) is 27.4 Å². The third-order valence-corrected chi connectivity index (χ3v) is 12.5. The highest BCUT2D eigenvalue weighted by Gasteiger charge is 2.40. The summed E-state index contributed by atoms with van der Waals surface area (Å²) >= 11 is 0. The van der Waals surface area contributed by atoms with Gasteiger partial charge in [-0.05, 0) is 72.3 Å². The van der Waals surface area contributed by atoms with Crippen molar-refractivity contribution in [2.45, 2.75) is 90.2 Å². The van der Waals surface area contributed by atoms with E-state index < -0.39 is 8.32 Å². The van der Waals surface area contributed by atoms with Gasteiger partial charge in [0.05, 0.1) is 46.2 Å². The lowest BCUT2D eigenvalue weighted by Gasteiger charge is -2.36. The average Bonchev–Trinajstić information content (AvgIpc) is 3.26. The summed E-state index contributed by atoms with van der Waals surface area (Å²) in [6, 6.07) is 15.9. The minimum absolute atomic E-state index is 0.0167. The molecule has 0 aliphatic carbocycles. The van der Waals surface area contributed by atoms with E-state index in [2.05, 4.69) is 40.8 Å². The van der Waals surface area contributed by atoms with E-state index in [1.165, 1.54) is 0 Å². The average molecular weight is 545 g/mol. The van der Waals surface area contributed by atoms with Gasteiger partial charge in [-0.1, -0.05) is 52.0 Å². The number of rotatable bonds is 14. The van der Waals surface area contributed by atoms with E-state index in [1.807, 2.05) is 48.5 Å². The molecule has 1 fully saturated rings. The van der Waals surface area contributed by atoms with Crippen LogP contribution in [0.1, 0.15) is 51.7 Å². The van der Waals surface area contributed by atoms with Crippen LogP contribution in [0.3, 0.4) is 0 Å². The Bertz CT molecular complexity index is 954. The van der Waals surface area contributed by atoms with Crippen LogP contribution in [-0.2, 0) is 31.9 Å². The van der Waals surface area contributed by atoms with Gasteiger partial charge in [-0.25, -0.2) is 0 Å². The van der Waals surface area contributed by atoms with Crippen molar-refractivity contribution in [1.82, 2.24) is 0 Å². The highest BCUT2D eigenvalue weighted by atomic mass is 28.4. The third kappa shape index (κ3) is 8.81. The van der Waals surface area contributed by atoms with Crippen LogP contribution in [0.2, 0.25) is 18.1 Å². The summed E-state index contributed by atoms with van der Waals surface area (Å²) in [6.07, 6.45) is 1.84. The van der Waals surface area contributed by atoms with E-state index in [-0.39, 0.29) is 23.4 Å². The summed E-state index contributed by atoms with van der Waals surface area (Å²) in [5.74, 6) is 2.12. The van der Waals surface area contributed by atoms with Gasteiger partial charge in [0.1, 0.15) is 17.6 Å². The molecule has 2 aromatic carbocycles. The summed E-state index contributed by atoms with van der Waals surface area (Å²) in [6.45, 7) is 15.9. The molecular formula is C31H48O6Si. The number of benzene rings is 2. The molecule has 1 heterocycles. The van der Waals surface area contributed by atoms with Gasteiger partial charge in [0.2, 0.25) is 0 Å². The molecule has 0 unspecified atom stereocenters. The highest BCUT2D eigenvalue weighted by molar-refractivity contribution is 6.74. The quantitative estimate of drug-likeness (QED) is 0.238. The summed E-state index contributed by atoms with van der Waals surface area (Å²) in [5.41, 5.74) is 2.19. The van der Waals surface area contributed by atoms with Crippen molar-refractivity contribution in [2.24, 2.45) is 5.92 Å². The molecule has 0 amide bonds. The van der Waals surface area contributed by atoms with E-state index >= 15 is 0 Å². The Kier molecular flexibility index (Phi) is 11.2. The van der Waals surface area contributed by atoms with Crippen molar-refractivity contribution >= 4 is 8.32 Å². The standard InChI is InChI=1S/C31H48O6Si/c1-23-19-29(37-28(23)17-18-36-38(7,8)31(2,3)4)30(35-21-25-11-15-27(33-6)16-12-25)22-34-20-24-9-13-26(32-5)14-10-24/h9-16,23,28-30H,17-22H2,1-8H3/t23-,28+,29-,30+/m0/s1. The molecule has 0 saturated carbocycles. The molecule has 3 rings (SSSR count). The number of methoxy groups -OCH3 is 2. The van der Waals surface area contributed by atoms with Crippen molar-refractivity contribution < 1.29 is 28.1 Å². The smallest absolute Gasteiger partial charge is 0.191 e. The van der Waals surface area contributed by atoms with Gasteiger partial charge in [0.15, 0.2) is 8.32 Å². The molecule has 38 heavy (non-hydrogen) atoms. The molecule has 7 heteroatoms. The maximum Gasteiger partial charge on any atom is 0.191 e. The van der Waals surface area contributed by atoms with Gasteiger partial charge in [-0.3, -0.25) is 0 Å². The Hall–Kier alpha value is -1.90. The maximum atomic E-state index is 6.59. The lowest BCUT2D eigenvalue weighted by molar-refractivity contribution is -0.110. The molecule has 6 nitrogen and oxygen atoms in total. The molecule has 1 saturated heterocycles. The second kappa shape index (κ2) is 13.9. The molecule has 4 atom stereocenters. The number of ether oxygens (including phenoxy) is 5. The van der Waals surface area contributed by atoms with Gasteiger partial charge in [0.25, 0.3) is 0 Å². The molecule has 1 aliphatic rings. The van der Waals surface area contributed by atoms with Gasteiger partial charge < -0.3 is 28.1 Å². The normalized spacial score (nSPS) is 20.9. The fraction of sp³-hybridized carbons (Fsp3) is 0.613. The summed E-state index contributed by atoms with van der Waals surface area (Å²) in [7, 11) is 1.58. The zero-order chi connectivity index (χ0) is 27.8. The highest BCUT2D eigenvalue weighted by Crippen LogP contribution is 2.37. The van der Waals surface area contributed by atoms with Crippen LogP contribution >= 0.6 is 0 Å². The molecule has 0 aromatic heterocycles. The maximum absolute atomic E-state index is 6.59. The van der Waals surface area contributed by atoms with Crippen LogP contribution in [0.5, 0.6) is 11.5 Å². The first-order valence-corrected chi connectivity index (χ1v) is 16.7. The number of hydrogen-bond acceptors (Lipinski definition) is 6. The Morgan fingerprint density at radius 3 is 1.97 bits per heavy atom. The van der Waals surface area contributed by atoms with Crippen LogP contribution in [0.4, 0.5) is 0 Å². The predicted molar refractivity (Wildman–Crippen MR) is 154 cm³/mol. The van der Waals surface area contributed by atoms with E-state index in [9.17, 15) is 0 Å². The topological polar surface area (TPSA) is 55.4 Å². The zero-order valence-electron chi connectivity index (χ0n) is 24.6. The fourth-order valence-electron chi connectivity index (χ4n) is 4.37. The van der Waals surface area contributed by atoms with E-state index in [1.54, 1.807) is 14.2 Å². The first-order valence-electron chi connectivity index (χ1n) is 13.8. The van der Waals surface area contributed by atoms with Crippen LogP contribution < -0.4 is 9.47 Å². The minimum atomic E-state index is -1.77. The van der Waals surface area contributed by atoms with Crippen molar-refractivity contribution in [3.8, 4) is 11.5 Å². The van der Waals surface area contributed by atoms with Gasteiger partial charge in [0, 0.05) is 6.61 Å². The van der Waals surface area contributed by atoms with Crippen LogP contribution in [-0.4, -0.2) is 54.1 Å². The molecule has 0 N–H and O–H groups in total. The predicted octanol–water partition coefficient (Wildman–Crippen LogP) is 7.01. The van der Waals surface area contributed by atoms with Gasteiger partial charge >= 0.3 is 0 Å². The largest absolute Gasteiger partial charge is 0.497 e. The fourth-order valence-corrected chi connectivity index (χ4v) is 5.43. The van der Waals surface area contributed by atoms with Crippen molar-refractivity contribution in [3.63, 3.8) is 0 Å². The Morgan fingerprint density at radius 2 is 1.45 bits per heavy atom. The van der Waals surface area contributed by atoms with Crippen molar-refractivity contribution in [1.29, 1.82) is 0 Å². The second-order valence-corrected chi connectivity index (χ2v) is 16.7. The molecule has 0 spiro atoms. The second-order valence-electron chi connectivity index (χ2n) is 11.9. The molecule has 212 valence electrons. The Morgan fingerprint density at radius 1 is 0.895 bits per heavy atom. The summed E-state index contributed by atoms with van der Waals surface area (Å²) < 4.78 is 36.1. The van der Waals surface area contributed by atoms with E-state index in [0.717, 1.165) is 42.1 Å². The summed E-state index contributed by atoms with van der Waals surface area (Å²) in [4.78, 5) is 0. The van der Waals surface area contributed by atoms with Crippen LogP contribution in [0, 0.1) is 5.92 Å². The Balaban J connectivity index is 1.59. The molecular weight excluding hydrogens is 496 g/mol. The lowest BCUT2D eigenvalue weighted by atomic mass is 9.98. The van der Waals surface area contributed by atoms with Gasteiger partial charge in [-0.15, -0.1) is 0 Å². The third-order valence-electron chi connectivity index (χ3n) is 8.01.